The van der Waals surface area contributed by atoms with Gasteiger partial charge in [0.15, 0.2) is 5.78 Å². The average molecular weight is 515 g/mol. The fourth-order valence-electron chi connectivity index (χ4n) is 4.96. The Labute approximate surface area is 221 Å². The highest BCUT2D eigenvalue weighted by Crippen LogP contribution is 2.37. The van der Waals surface area contributed by atoms with E-state index in [0.717, 1.165) is 49.3 Å². The molecule has 2 N–H and O–H groups in total. The number of hydrogen-bond acceptors (Lipinski definition) is 5. The van der Waals surface area contributed by atoms with Crippen molar-refractivity contribution in [1.29, 1.82) is 0 Å². The number of ketones is 1. The van der Waals surface area contributed by atoms with Gasteiger partial charge in [-0.3, -0.25) is 9.89 Å². The largest absolute Gasteiger partial charge is 0.496 e. The number of nitrogens with one attached hydrogen (secondary N) is 2. The van der Waals surface area contributed by atoms with Crippen molar-refractivity contribution in [3.63, 3.8) is 0 Å². The summed E-state index contributed by atoms with van der Waals surface area (Å²) in [5.41, 5.74) is 6.14. The molecule has 0 unspecified atom stereocenters. The van der Waals surface area contributed by atoms with Crippen molar-refractivity contribution in [3.05, 3.63) is 102 Å². The minimum atomic E-state index is 0.00974. The molecule has 7 aromatic rings. The standard InChI is InChI=1S/C31H22N4O2S/c1-37-27-11-10-19(31-33-24-7-3-4-8-25(24)34-31)12-21(27)15-26(36)20-13-22-17-32-35-30(22)23(14-20)29-16-18-6-2-5-9-28(18)38-29/h2-14,16-17H,15H2,1H3,(H,32,35)(H,33,34). The van der Waals surface area contributed by atoms with Gasteiger partial charge in [0.25, 0.3) is 0 Å². The molecule has 0 aliphatic carbocycles. The number of methoxy groups -OCH3 is 1. The summed E-state index contributed by atoms with van der Waals surface area (Å²) >= 11 is 1.71. The summed E-state index contributed by atoms with van der Waals surface area (Å²) in [5.74, 6) is 1.44. The zero-order valence-corrected chi connectivity index (χ0v) is 21.3. The van der Waals surface area contributed by atoms with Crippen LogP contribution in [0.15, 0.2) is 91.1 Å². The number of aromatic nitrogens is 4. The molecule has 184 valence electrons. The molecule has 0 radical (unpaired) electrons. The van der Waals surface area contributed by atoms with Crippen LogP contribution >= 0.6 is 11.3 Å². The molecule has 3 aromatic heterocycles. The highest BCUT2D eigenvalue weighted by atomic mass is 32.1. The van der Waals surface area contributed by atoms with E-state index in [1.807, 2.05) is 66.7 Å². The monoisotopic (exact) mass is 514 g/mol. The number of thiophene rings is 1. The van der Waals surface area contributed by atoms with Crippen LogP contribution in [0, 0.1) is 0 Å². The zero-order valence-electron chi connectivity index (χ0n) is 20.5. The van der Waals surface area contributed by atoms with Crippen LogP contribution in [0.2, 0.25) is 0 Å². The van der Waals surface area contributed by atoms with Gasteiger partial charge in [-0.05, 0) is 60.0 Å². The lowest BCUT2D eigenvalue weighted by atomic mass is 9.97. The Hall–Kier alpha value is -4.75. The number of ether oxygens (including phenoxy) is 1. The Morgan fingerprint density at radius 1 is 0.947 bits per heavy atom. The van der Waals surface area contributed by atoms with Crippen molar-refractivity contribution in [3.8, 4) is 27.6 Å². The van der Waals surface area contributed by atoms with E-state index in [9.17, 15) is 4.79 Å². The van der Waals surface area contributed by atoms with Gasteiger partial charge in [-0.25, -0.2) is 4.98 Å². The molecule has 7 heteroatoms. The molecule has 38 heavy (non-hydrogen) atoms. The van der Waals surface area contributed by atoms with Crippen molar-refractivity contribution in [2.45, 2.75) is 6.42 Å². The number of aromatic amines is 2. The first-order valence-corrected chi connectivity index (χ1v) is 13.1. The molecule has 6 nitrogen and oxygen atoms in total. The molecular formula is C31H22N4O2S. The van der Waals surface area contributed by atoms with Crippen LogP contribution in [-0.2, 0) is 6.42 Å². The lowest BCUT2D eigenvalue weighted by Gasteiger charge is -2.11. The third kappa shape index (κ3) is 3.84. The first-order chi connectivity index (χ1) is 18.7. The predicted octanol–water partition coefficient (Wildman–Crippen LogP) is 7.42. The number of benzene rings is 4. The Morgan fingerprint density at radius 2 is 1.82 bits per heavy atom. The summed E-state index contributed by atoms with van der Waals surface area (Å²) in [4.78, 5) is 22.9. The van der Waals surface area contributed by atoms with Crippen LogP contribution in [0.5, 0.6) is 5.75 Å². The Kier molecular flexibility index (Phi) is 5.30. The highest BCUT2D eigenvalue weighted by Gasteiger charge is 2.18. The summed E-state index contributed by atoms with van der Waals surface area (Å²) < 4.78 is 6.83. The summed E-state index contributed by atoms with van der Waals surface area (Å²) in [5, 5.41) is 9.46. The third-order valence-electron chi connectivity index (χ3n) is 6.86. The second-order valence-corrected chi connectivity index (χ2v) is 10.3. The first kappa shape index (κ1) is 22.4. The molecule has 0 aliphatic rings. The SMILES string of the molecule is COc1ccc(-c2nc3ccccc3[nH]2)cc1CC(=O)c1cc(-c2cc3ccccc3s2)c2[nH]ncc2c1. The third-order valence-corrected chi connectivity index (χ3v) is 8.01. The van der Waals surface area contributed by atoms with Crippen LogP contribution in [0.4, 0.5) is 0 Å². The van der Waals surface area contributed by atoms with Crippen LogP contribution in [0.25, 0.3) is 53.9 Å². The summed E-state index contributed by atoms with van der Waals surface area (Å²) in [7, 11) is 1.63. The van der Waals surface area contributed by atoms with Crippen molar-refractivity contribution in [2.75, 3.05) is 7.11 Å². The molecule has 3 heterocycles. The normalized spacial score (nSPS) is 11.5. The zero-order chi connectivity index (χ0) is 25.6. The van der Waals surface area contributed by atoms with Gasteiger partial charge in [0.1, 0.15) is 11.6 Å². The number of para-hydroxylation sites is 2. The number of fused-ring (bicyclic) bond motifs is 3. The van der Waals surface area contributed by atoms with Gasteiger partial charge in [-0.1, -0.05) is 30.3 Å². The quantitative estimate of drug-likeness (QED) is 0.226. The van der Waals surface area contributed by atoms with E-state index in [2.05, 4.69) is 33.4 Å². The van der Waals surface area contributed by atoms with Crippen LogP contribution in [-0.4, -0.2) is 33.1 Å². The molecule has 0 bridgehead atoms. The Balaban J connectivity index is 1.27. The van der Waals surface area contributed by atoms with Crippen molar-refractivity contribution < 1.29 is 9.53 Å². The number of Topliss-reactive ketones (excluding diaryl/α,β-unsaturated/α-hetero) is 1. The fraction of sp³-hybridized carbons (Fsp3) is 0.0645. The summed E-state index contributed by atoms with van der Waals surface area (Å²) in [6.45, 7) is 0. The van der Waals surface area contributed by atoms with Crippen LogP contribution in [0.1, 0.15) is 15.9 Å². The molecule has 0 atom stereocenters. The number of nitrogens with zero attached hydrogens (tertiary/aromatic N) is 2. The highest BCUT2D eigenvalue weighted by molar-refractivity contribution is 7.22. The number of H-pyrrole nitrogens is 2. The minimum absolute atomic E-state index is 0.00974. The second-order valence-electron chi connectivity index (χ2n) is 9.24. The van der Waals surface area contributed by atoms with E-state index in [-0.39, 0.29) is 12.2 Å². The lowest BCUT2D eigenvalue weighted by molar-refractivity contribution is 0.0992. The molecule has 4 aromatic carbocycles. The van der Waals surface area contributed by atoms with E-state index in [4.69, 9.17) is 9.72 Å². The van der Waals surface area contributed by atoms with Crippen molar-refractivity contribution in [1.82, 2.24) is 20.2 Å². The van der Waals surface area contributed by atoms with Crippen LogP contribution < -0.4 is 4.74 Å². The fourth-order valence-corrected chi connectivity index (χ4v) is 6.04. The summed E-state index contributed by atoms with van der Waals surface area (Å²) in [6.07, 6.45) is 1.97. The van der Waals surface area contributed by atoms with Gasteiger partial charge >= 0.3 is 0 Å². The van der Waals surface area contributed by atoms with Gasteiger partial charge in [0, 0.05) is 43.6 Å². The number of carbonyl (C=O) groups is 1. The maximum Gasteiger partial charge on any atom is 0.167 e. The number of carbonyl (C=O) groups excluding carboxylic acids is 1. The van der Waals surface area contributed by atoms with E-state index >= 15 is 0 Å². The lowest BCUT2D eigenvalue weighted by Crippen LogP contribution is -2.06. The number of rotatable bonds is 6. The number of imidazole rings is 1. The van der Waals surface area contributed by atoms with E-state index < -0.39 is 0 Å². The van der Waals surface area contributed by atoms with E-state index in [0.29, 0.717) is 11.3 Å². The average Bonchev–Trinajstić information content (AvgIpc) is 3.70. The minimum Gasteiger partial charge on any atom is -0.496 e. The summed E-state index contributed by atoms with van der Waals surface area (Å²) in [6, 6.07) is 28.1. The number of hydrogen-bond donors (Lipinski definition) is 2. The molecule has 0 fully saturated rings. The van der Waals surface area contributed by atoms with Gasteiger partial charge in [0.2, 0.25) is 0 Å². The molecule has 0 spiro atoms. The molecule has 0 saturated carbocycles. The molecule has 0 saturated heterocycles. The Morgan fingerprint density at radius 3 is 2.68 bits per heavy atom. The van der Waals surface area contributed by atoms with E-state index in [1.54, 1.807) is 24.6 Å². The second kappa shape index (κ2) is 8.97. The van der Waals surface area contributed by atoms with Crippen molar-refractivity contribution >= 4 is 49.1 Å². The maximum atomic E-state index is 13.7. The molecule has 7 rings (SSSR count). The first-order valence-electron chi connectivity index (χ1n) is 12.3. The van der Waals surface area contributed by atoms with Gasteiger partial charge in [-0.15, -0.1) is 11.3 Å². The van der Waals surface area contributed by atoms with Gasteiger partial charge in [0.05, 0.1) is 29.9 Å². The molecular weight excluding hydrogens is 492 g/mol. The molecule has 0 amide bonds. The van der Waals surface area contributed by atoms with Gasteiger partial charge in [-0.2, -0.15) is 5.10 Å². The van der Waals surface area contributed by atoms with E-state index in [1.165, 1.54) is 10.1 Å². The van der Waals surface area contributed by atoms with Crippen molar-refractivity contribution in [2.24, 2.45) is 0 Å². The molecule has 0 aliphatic heterocycles. The van der Waals surface area contributed by atoms with Gasteiger partial charge < -0.3 is 9.72 Å². The smallest absolute Gasteiger partial charge is 0.167 e. The van der Waals surface area contributed by atoms with Crippen LogP contribution in [0.3, 0.4) is 0 Å². The topological polar surface area (TPSA) is 83.7 Å². The Bertz CT molecular complexity index is 1910. The maximum absolute atomic E-state index is 13.7. The predicted molar refractivity (Wildman–Crippen MR) is 153 cm³/mol.